The van der Waals surface area contributed by atoms with Crippen LogP contribution in [0.1, 0.15) is 10.4 Å². The molecule has 3 nitrogen and oxygen atoms in total. The zero-order chi connectivity index (χ0) is 11.5. The summed E-state index contributed by atoms with van der Waals surface area (Å²) in [6, 6.07) is 7.94. The van der Waals surface area contributed by atoms with E-state index in [2.05, 4.69) is 0 Å². The van der Waals surface area contributed by atoms with E-state index in [-0.39, 0.29) is 17.0 Å². The second-order valence-electron chi connectivity index (χ2n) is 3.62. The average molecular weight is 315 g/mol. The summed E-state index contributed by atoms with van der Waals surface area (Å²) in [6.45, 7) is 2.76. The fraction of sp³-hybridized carbons (Fsp3) is 0.250. The van der Waals surface area contributed by atoms with Gasteiger partial charge in [0.15, 0.2) is 4.80 Å². The molecule has 0 aliphatic rings. The van der Waals surface area contributed by atoms with Crippen molar-refractivity contribution in [1.29, 1.82) is 5.41 Å². The Kier molecular flexibility index (Phi) is 4.96. The van der Waals surface area contributed by atoms with E-state index in [1.165, 1.54) is 21.8 Å². The predicted molar refractivity (Wildman–Crippen MR) is 75.3 cm³/mol. The van der Waals surface area contributed by atoms with Gasteiger partial charge in [-0.2, -0.15) is 0 Å². The first-order valence-electron chi connectivity index (χ1n) is 5.03. The van der Waals surface area contributed by atoms with E-state index in [0.29, 0.717) is 4.80 Å². The molecule has 0 radical (unpaired) electrons. The molecule has 0 amide bonds. The van der Waals surface area contributed by atoms with Gasteiger partial charge in [-0.3, -0.25) is 5.41 Å². The number of thiazole rings is 1. The third-order valence-electron chi connectivity index (χ3n) is 2.37. The summed E-state index contributed by atoms with van der Waals surface area (Å²) < 4.78 is 7.05. The summed E-state index contributed by atoms with van der Waals surface area (Å²) in [5.41, 5.74) is 1.18. The predicted octanol–water partition coefficient (Wildman–Crippen LogP) is 2.97. The van der Waals surface area contributed by atoms with E-state index >= 15 is 0 Å². The van der Waals surface area contributed by atoms with Crippen LogP contribution in [-0.4, -0.2) is 11.7 Å². The highest BCUT2D eigenvalue weighted by molar-refractivity contribution is 8.93. The quantitative estimate of drug-likeness (QED) is 0.929. The Balaban J connectivity index is 0.00000144. The van der Waals surface area contributed by atoms with Gasteiger partial charge in [0, 0.05) is 17.6 Å². The van der Waals surface area contributed by atoms with Crippen molar-refractivity contribution in [3.05, 3.63) is 45.7 Å². The third kappa shape index (κ3) is 3.44. The van der Waals surface area contributed by atoms with Crippen molar-refractivity contribution in [1.82, 2.24) is 4.57 Å². The number of benzene rings is 1. The third-order valence-corrected chi connectivity index (χ3v) is 3.22. The lowest BCUT2D eigenvalue weighted by atomic mass is 10.2. The van der Waals surface area contributed by atoms with Gasteiger partial charge in [0.05, 0.1) is 7.11 Å². The highest BCUT2D eigenvalue weighted by Gasteiger charge is 1.99. The van der Waals surface area contributed by atoms with E-state index < -0.39 is 0 Å². The van der Waals surface area contributed by atoms with Gasteiger partial charge in [0.25, 0.3) is 0 Å². The Hall–Kier alpha value is -1.07. The summed E-state index contributed by atoms with van der Waals surface area (Å²) in [6.07, 6.45) is 2.01. The monoisotopic (exact) mass is 314 g/mol. The molecule has 0 aliphatic carbocycles. The highest BCUT2D eigenvalue weighted by atomic mass is 79.9. The molecule has 0 aliphatic heterocycles. The van der Waals surface area contributed by atoms with Crippen LogP contribution in [0.2, 0.25) is 0 Å². The number of nitrogens with one attached hydrogen (secondary N) is 1. The number of halogens is 1. The van der Waals surface area contributed by atoms with Crippen molar-refractivity contribution in [2.75, 3.05) is 7.11 Å². The topological polar surface area (TPSA) is 38.0 Å². The molecule has 0 saturated carbocycles. The first kappa shape index (κ1) is 14.0. The standard InChI is InChI=1S/C12H14N2OS.BrH/c1-9-7-14(12(13)16-9)8-10-3-5-11(15-2)6-4-10;/h3-7,13H,8H2,1-2H3;1H. The number of nitrogens with zero attached hydrogens (tertiary/aromatic N) is 1. The molecule has 2 rings (SSSR count). The number of aromatic nitrogens is 1. The van der Waals surface area contributed by atoms with Gasteiger partial charge in [-0.05, 0) is 24.6 Å². The summed E-state index contributed by atoms with van der Waals surface area (Å²) in [4.78, 5) is 1.76. The molecule has 0 spiro atoms. The van der Waals surface area contributed by atoms with Gasteiger partial charge >= 0.3 is 0 Å². The lowest BCUT2D eigenvalue weighted by Gasteiger charge is -2.04. The maximum absolute atomic E-state index is 7.78. The molecule has 0 saturated heterocycles. The van der Waals surface area contributed by atoms with Crippen LogP contribution in [0.4, 0.5) is 0 Å². The maximum Gasteiger partial charge on any atom is 0.182 e. The van der Waals surface area contributed by atoms with Gasteiger partial charge in [-0.1, -0.05) is 12.1 Å². The number of aryl methyl sites for hydroxylation is 1. The second kappa shape index (κ2) is 6.02. The van der Waals surface area contributed by atoms with Crippen LogP contribution in [0.3, 0.4) is 0 Å². The first-order chi connectivity index (χ1) is 7.69. The lowest BCUT2D eigenvalue weighted by Crippen LogP contribution is -2.12. The molecular weight excluding hydrogens is 300 g/mol. The molecule has 17 heavy (non-hydrogen) atoms. The molecule has 1 aromatic heterocycles. The van der Waals surface area contributed by atoms with E-state index in [9.17, 15) is 0 Å². The largest absolute Gasteiger partial charge is 0.497 e. The van der Waals surface area contributed by atoms with Crippen molar-refractivity contribution >= 4 is 28.3 Å². The number of rotatable bonds is 3. The Labute approximate surface area is 115 Å². The zero-order valence-electron chi connectivity index (χ0n) is 9.77. The highest BCUT2D eigenvalue weighted by Crippen LogP contribution is 2.12. The Morgan fingerprint density at radius 3 is 2.41 bits per heavy atom. The second-order valence-corrected chi connectivity index (χ2v) is 4.86. The zero-order valence-corrected chi connectivity index (χ0v) is 12.3. The number of methoxy groups -OCH3 is 1. The fourth-order valence-corrected chi connectivity index (χ4v) is 2.28. The van der Waals surface area contributed by atoms with Gasteiger partial charge in [0.2, 0.25) is 0 Å². The SMILES string of the molecule is Br.COc1ccc(Cn2cc(C)sc2=N)cc1. The van der Waals surface area contributed by atoms with E-state index in [1.807, 2.05) is 42.0 Å². The van der Waals surface area contributed by atoms with Crippen molar-refractivity contribution in [3.63, 3.8) is 0 Å². The van der Waals surface area contributed by atoms with Gasteiger partial charge < -0.3 is 9.30 Å². The molecule has 0 atom stereocenters. The van der Waals surface area contributed by atoms with Gasteiger partial charge in [-0.15, -0.1) is 28.3 Å². The summed E-state index contributed by atoms with van der Waals surface area (Å²) >= 11 is 1.50. The van der Waals surface area contributed by atoms with Crippen molar-refractivity contribution in [2.45, 2.75) is 13.5 Å². The van der Waals surface area contributed by atoms with Crippen molar-refractivity contribution < 1.29 is 4.74 Å². The number of hydrogen-bond acceptors (Lipinski definition) is 3. The van der Waals surface area contributed by atoms with Crippen LogP contribution in [0.25, 0.3) is 0 Å². The van der Waals surface area contributed by atoms with Crippen LogP contribution < -0.4 is 9.54 Å². The molecule has 92 valence electrons. The summed E-state index contributed by atoms with van der Waals surface area (Å²) in [7, 11) is 1.66. The number of hydrogen-bond donors (Lipinski definition) is 1. The molecule has 0 bridgehead atoms. The van der Waals surface area contributed by atoms with E-state index in [0.717, 1.165) is 12.3 Å². The molecule has 1 heterocycles. The number of ether oxygens (including phenoxy) is 1. The van der Waals surface area contributed by atoms with Crippen LogP contribution in [-0.2, 0) is 6.54 Å². The summed E-state index contributed by atoms with van der Waals surface area (Å²) in [5, 5.41) is 7.78. The van der Waals surface area contributed by atoms with E-state index in [4.69, 9.17) is 10.1 Å². The smallest absolute Gasteiger partial charge is 0.182 e. The summed E-state index contributed by atoms with van der Waals surface area (Å²) in [5.74, 6) is 0.862. The molecule has 1 N–H and O–H groups in total. The Morgan fingerprint density at radius 2 is 1.94 bits per heavy atom. The molecule has 1 aromatic carbocycles. The average Bonchev–Trinajstić information content (AvgIpc) is 2.59. The Morgan fingerprint density at radius 1 is 1.29 bits per heavy atom. The maximum atomic E-state index is 7.78. The van der Waals surface area contributed by atoms with Gasteiger partial charge in [0.1, 0.15) is 5.75 Å². The van der Waals surface area contributed by atoms with Crippen LogP contribution >= 0.6 is 28.3 Å². The van der Waals surface area contributed by atoms with Gasteiger partial charge in [-0.25, -0.2) is 0 Å². The lowest BCUT2D eigenvalue weighted by molar-refractivity contribution is 0.414. The minimum atomic E-state index is 0. The molecule has 2 aromatic rings. The molecule has 0 unspecified atom stereocenters. The Bertz CT molecular complexity index is 530. The van der Waals surface area contributed by atoms with Crippen molar-refractivity contribution in [2.24, 2.45) is 0 Å². The van der Waals surface area contributed by atoms with Crippen molar-refractivity contribution in [3.8, 4) is 5.75 Å². The van der Waals surface area contributed by atoms with Crippen LogP contribution in [0.15, 0.2) is 30.5 Å². The van der Waals surface area contributed by atoms with Crippen LogP contribution in [0, 0.1) is 12.3 Å². The van der Waals surface area contributed by atoms with E-state index in [1.54, 1.807) is 7.11 Å². The molecular formula is C12H15BrN2OS. The minimum Gasteiger partial charge on any atom is -0.497 e. The minimum absolute atomic E-state index is 0. The normalized spacial score (nSPS) is 9.76. The molecule has 5 heteroatoms. The first-order valence-corrected chi connectivity index (χ1v) is 5.85. The fourth-order valence-electron chi connectivity index (χ4n) is 1.56. The van der Waals surface area contributed by atoms with Crippen LogP contribution in [0.5, 0.6) is 5.75 Å². The molecule has 0 fully saturated rings.